The molecule has 0 amide bonds. The van der Waals surface area contributed by atoms with Crippen molar-refractivity contribution >= 4 is 11.6 Å². The first-order chi connectivity index (χ1) is 6.24. The summed E-state index contributed by atoms with van der Waals surface area (Å²) in [5.41, 5.74) is 0. The van der Waals surface area contributed by atoms with Gasteiger partial charge in [-0.3, -0.25) is 4.90 Å². The van der Waals surface area contributed by atoms with Crippen molar-refractivity contribution in [2.24, 2.45) is 0 Å². The predicted molar refractivity (Wildman–Crippen MR) is 53.4 cm³/mol. The molecule has 1 fully saturated rings. The first kappa shape index (κ1) is 11.2. The summed E-state index contributed by atoms with van der Waals surface area (Å²) in [5.74, 6) is 0. The van der Waals surface area contributed by atoms with E-state index in [-0.39, 0.29) is 5.38 Å². The van der Waals surface area contributed by atoms with Gasteiger partial charge in [0.2, 0.25) is 0 Å². The van der Waals surface area contributed by atoms with Crippen LogP contribution in [0.2, 0.25) is 0 Å². The van der Waals surface area contributed by atoms with Crippen LogP contribution in [0.25, 0.3) is 0 Å². The van der Waals surface area contributed by atoms with Gasteiger partial charge in [-0.05, 0) is 13.5 Å². The van der Waals surface area contributed by atoms with E-state index in [1.165, 1.54) is 0 Å². The lowest BCUT2D eigenvalue weighted by molar-refractivity contribution is 0.145. The molecular weight excluding hydrogens is 190 g/mol. The number of ether oxygens (including phenoxy) is 2. The number of rotatable bonds is 5. The minimum absolute atomic E-state index is 0.0793. The van der Waals surface area contributed by atoms with Crippen molar-refractivity contribution in [2.75, 3.05) is 40.5 Å². The van der Waals surface area contributed by atoms with Gasteiger partial charge in [0.05, 0.1) is 18.6 Å². The molecule has 0 aromatic rings. The first-order valence-electron chi connectivity index (χ1n) is 4.65. The normalized spacial score (nSPS) is 25.4. The SMILES string of the molecule is COCC(Cl)CN(C)C1CCOC1. The summed E-state index contributed by atoms with van der Waals surface area (Å²) < 4.78 is 10.3. The van der Waals surface area contributed by atoms with Crippen LogP contribution in [0.5, 0.6) is 0 Å². The maximum Gasteiger partial charge on any atom is 0.0696 e. The molecule has 2 unspecified atom stereocenters. The molecule has 1 aliphatic rings. The summed E-state index contributed by atoms with van der Waals surface area (Å²) in [5, 5.41) is 0.0793. The largest absolute Gasteiger partial charge is 0.383 e. The Balaban J connectivity index is 2.18. The van der Waals surface area contributed by atoms with Crippen LogP contribution in [0.3, 0.4) is 0 Å². The Bertz CT molecular complexity index is 140. The zero-order chi connectivity index (χ0) is 9.68. The second-order valence-electron chi connectivity index (χ2n) is 3.51. The van der Waals surface area contributed by atoms with Gasteiger partial charge in [-0.25, -0.2) is 0 Å². The van der Waals surface area contributed by atoms with Gasteiger partial charge in [0.1, 0.15) is 0 Å². The zero-order valence-electron chi connectivity index (χ0n) is 8.33. The Kier molecular flexibility index (Phi) is 5.02. The molecule has 3 nitrogen and oxygen atoms in total. The van der Waals surface area contributed by atoms with Crippen LogP contribution in [0, 0.1) is 0 Å². The summed E-state index contributed by atoms with van der Waals surface area (Å²) >= 11 is 6.05. The fourth-order valence-electron chi connectivity index (χ4n) is 1.56. The highest BCUT2D eigenvalue weighted by atomic mass is 35.5. The summed E-state index contributed by atoms with van der Waals surface area (Å²) in [6, 6.07) is 0.540. The average Bonchev–Trinajstić information content (AvgIpc) is 2.55. The number of alkyl halides is 1. The summed E-state index contributed by atoms with van der Waals surface area (Å²) in [7, 11) is 3.76. The highest BCUT2D eigenvalue weighted by Gasteiger charge is 2.21. The lowest BCUT2D eigenvalue weighted by Gasteiger charge is -2.24. The maximum atomic E-state index is 6.05. The van der Waals surface area contributed by atoms with E-state index in [1.54, 1.807) is 7.11 Å². The fraction of sp³-hybridized carbons (Fsp3) is 1.00. The number of halogens is 1. The van der Waals surface area contributed by atoms with Crippen LogP contribution in [0.1, 0.15) is 6.42 Å². The van der Waals surface area contributed by atoms with Crippen molar-refractivity contribution in [2.45, 2.75) is 17.8 Å². The second-order valence-corrected chi connectivity index (χ2v) is 4.13. The van der Waals surface area contributed by atoms with Crippen molar-refractivity contribution in [1.82, 2.24) is 4.90 Å². The molecule has 13 heavy (non-hydrogen) atoms. The average molecular weight is 208 g/mol. The second kappa shape index (κ2) is 5.81. The van der Waals surface area contributed by atoms with E-state index in [4.69, 9.17) is 21.1 Å². The Morgan fingerprint density at radius 3 is 3.00 bits per heavy atom. The van der Waals surface area contributed by atoms with Crippen LogP contribution in [0.15, 0.2) is 0 Å². The van der Waals surface area contributed by atoms with Crippen LogP contribution in [0.4, 0.5) is 0 Å². The van der Waals surface area contributed by atoms with Gasteiger partial charge in [-0.1, -0.05) is 0 Å². The van der Waals surface area contributed by atoms with Gasteiger partial charge in [0.15, 0.2) is 0 Å². The Hall–Kier alpha value is 0.170. The van der Waals surface area contributed by atoms with Crippen LogP contribution < -0.4 is 0 Å². The summed E-state index contributed by atoms with van der Waals surface area (Å²) in [6.45, 7) is 3.20. The molecular formula is C9H18ClNO2. The van der Waals surface area contributed by atoms with E-state index in [2.05, 4.69) is 11.9 Å². The lowest BCUT2D eigenvalue weighted by Crippen LogP contribution is -2.37. The molecule has 0 bridgehead atoms. The van der Waals surface area contributed by atoms with Gasteiger partial charge < -0.3 is 9.47 Å². The van der Waals surface area contributed by atoms with E-state index < -0.39 is 0 Å². The highest BCUT2D eigenvalue weighted by Crippen LogP contribution is 2.12. The summed E-state index contributed by atoms with van der Waals surface area (Å²) in [6.07, 6.45) is 1.12. The van der Waals surface area contributed by atoms with E-state index in [0.29, 0.717) is 12.6 Å². The van der Waals surface area contributed by atoms with Gasteiger partial charge in [0, 0.05) is 26.3 Å². The van der Waals surface area contributed by atoms with Crippen molar-refractivity contribution < 1.29 is 9.47 Å². The van der Waals surface area contributed by atoms with Crippen LogP contribution >= 0.6 is 11.6 Å². The van der Waals surface area contributed by atoms with Gasteiger partial charge in [0.25, 0.3) is 0 Å². The molecule has 1 rings (SSSR count). The molecule has 0 radical (unpaired) electrons. The monoisotopic (exact) mass is 207 g/mol. The maximum absolute atomic E-state index is 6.05. The number of methoxy groups -OCH3 is 1. The molecule has 0 aromatic carbocycles. The third-order valence-electron chi connectivity index (χ3n) is 2.36. The van der Waals surface area contributed by atoms with E-state index in [9.17, 15) is 0 Å². The minimum Gasteiger partial charge on any atom is -0.383 e. The van der Waals surface area contributed by atoms with E-state index in [1.807, 2.05) is 0 Å². The third kappa shape index (κ3) is 3.81. The summed E-state index contributed by atoms with van der Waals surface area (Å²) in [4.78, 5) is 2.25. The van der Waals surface area contributed by atoms with Crippen LogP contribution in [-0.2, 0) is 9.47 Å². The van der Waals surface area contributed by atoms with Gasteiger partial charge in [-0.2, -0.15) is 0 Å². The Morgan fingerprint density at radius 2 is 2.46 bits per heavy atom. The van der Waals surface area contributed by atoms with Crippen LogP contribution in [-0.4, -0.2) is 56.8 Å². The zero-order valence-corrected chi connectivity index (χ0v) is 9.09. The number of nitrogens with zero attached hydrogens (tertiary/aromatic N) is 1. The Morgan fingerprint density at radius 1 is 1.69 bits per heavy atom. The highest BCUT2D eigenvalue weighted by molar-refractivity contribution is 6.20. The first-order valence-corrected chi connectivity index (χ1v) is 5.08. The molecule has 2 atom stereocenters. The van der Waals surface area contributed by atoms with Crippen molar-refractivity contribution in [3.05, 3.63) is 0 Å². The quantitative estimate of drug-likeness (QED) is 0.627. The molecule has 0 saturated carbocycles. The van der Waals surface area contributed by atoms with Crippen molar-refractivity contribution in [1.29, 1.82) is 0 Å². The molecule has 0 N–H and O–H groups in total. The smallest absolute Gasteiger partial charge is 0.0696 e. The van der Waals surface area contributed by atoms with E-state index in [0.717, 1.165) is 26.2 Å². The number of hydrogen-bond donors (Lipinski definition) is 0. The molecule has 4 heteroatoms. The lowest BCUT2D eigenvalue weighted by atomic mass is 10.2. The fourth-order valence-corrected chi connectivity index (χ4v) is 1.91. The van der Waals surface area contributed by atoms with Gasteiger partial charge >= 0.3 is 0 Å². The van der Waals surface area contributed by atoms with Gasteiger partial charge in [-0.15, -0.1) is 11.6 Å². The van der Waals surface area contributed by atoms with Crippen molar-refractivity contribution in [3.8, 4) is 0 Å². The molecule has 1 saturated heterocycles. The predicted octanol–water partition coefficient (Wildman–Crippen LogP) is 0.961. The Labute approximate surface area is 84.9 Å². The number of likely N-dealkylation sites (N-methyl/N-ethyl adjacent to an activating group) is 1. The molecule has 78 valence electrons. The van der Waals surface area contributed by atoms with E-state index >= 15 is 0 Å². The molecule has 1 aliphatic heterocycles. The third-order valence-corrected chi connectivity index (χ3v) is 2.63. The standard InChI is InChI=1S/C9H18ClNO2/c1-11(5-8(10)6-12-2)9-3-4-13-7-9/h8-9H,3-7H2,1-2H3. The molecule has 0 aliphatic carbocycles. The van der Waals surface area contributed by atoms with Crippen molar-refractivity contribution in [3.63, 3.8) is 0 Å². The molecule has 1 heterocycles. The molecule has 0 aromatic heterocycles. The topological polar surface area (TPSA) is 21.7 Å². The number of hydrogen-bond acceptors (Lipinski definition) is 3. The molecule has 0 spiro atoms. The minimum atomic E-state index is 0.0793.